The van der Waals surface area contributed by atoms with Crippen LogP contribution in [0.3, 0.4) is 0 Å². The Hall–Kier alpha value is -0.640. The molecule has 1 saturated heterocycles. The Morgan fingerprint density at radius 3 is 2.29 bits per heavy atom. The quantitative estimate of drug-likeness (QED) is 0.660. The fraction of sp³-hybridized carbons (Fsp3) is 0.778. The van der Waals surface area contributed by atoms with Gasteiger partial charge in [0.1, 0.15) is 0 Å². The highest BCUT2D eigenvalue weighted by Crippen LogP contribution is 2.10. The second-order valence-corrected chi connectivity index (χ2v) is 6.49. The summed E-state index contributed by atoms with van der Waals surface area (Å²) in [5, 5.41) is 3.45. The number of nitrogens with one attached hydrogen (secondary N) is 1. The molecular formula is C18H35N3. The number of nitrogens with zero attached hydrogens (tertiary/aromatic N) is 2. The molecule has 1 aliphatic heterocycles. The molecule has 1 aliphatic rings. The topological polar surface area (TPSA) is 18.5 Å². The summed E-state index contributed by atoms with van der Waals surface area (Å²) in [6, 6.07) is 0.602. The lowest BCUT2D eigenvalue weighted by Crippen LogP contribution is -2.51. The average Bonchev–Trinajstić information content (AvgIpc) is 2.50. The third kappa shape index (κ3) is 6.77. The minimum absolute atomic E-state index is 0.602. The van der Waals surface area contributed by atoms with E-state index >= 15 is 0 Å². The van der Waals surface area contributed by atoms with Crippen LogP contribution in [-0.4, -0.2) is 62.2 Å². The Labute approximate surface area is 132 Å². The molecule has 3 nitrogen and oxygen atoms in total. The maximum atomic E-state index is 3.95. The van der Waals surface area contributed by atoms with Gasteiger partial charge in [0.15, 0.2) is 0 Å². The summed E-state index contributed by atoms with van der Waals surface area (Å²) in [5.41, 5.74) is 1.39. The number of allylic oxidation sites excluding steroid dienone is 1. The van der Waals surface area contributed by atoms with Crippen LogP contribution >= 0.6 is 0 Å². The molecule has 0 spiro atoms. The Morgan fingerprint density at radius 2 is 1.81 bits per heavy atom. The van der Waals surface area contributed by atoms with E-state index in [1.165, 1.54) is 51.1 Å². The standard InChI is InChI=1S/C18H35N3/c1-6-8-9-17(7-2)14-20-10-12-21(13-11-20)15-18(19-5)16(3)4/h7,9,16,18-19H,2,6,8,10-15H2,1,3-5H3/b17-9+. The molecule has 1 fully saturated rings. The molecule has 1 rings (SSSR count). The van der Waals surface area contributed by atoms with Crippen LogP contribution in [0.25, 0.3) is 0 Å². The van der Waals surface area contributed by atoms with Crippen molar-refractivity contribution >= 4 is 0 Å². The molecule has 1 heterocycles. The van der Waals surface area contributed by atoms with Gasteiger partial charge in [0.2, 0.25) is 0 Å². The summed E-state index contributed by atoms with van der Waals surface area (Å²) in [6.45, 7) is 17.7. The van der Waals surface area contributed by atoms with E-state index in [0.29, 0.717) is 12.0 Å². The van der Waals surface area contributed by atoms with Crippen LogP contribution in [-0.2, 0) is 0 Å². The van der Waals surface area contributed by atoms with Gasteiger partial charge in [-0.05, 0) is 25.0 Å². The van der Waals surface area contributed by atoms with E-state index < -0.39 is 0 Å². The van der Waals surface area contributed by atoms with Gasteiger partial charge in [-0.15, -0.1) is 0 Å². The largest absolute Gasteiger partial charge is 0.315 e. The van der Waals surface area contributed by atoms with Crippen molar-refractivity contribution in [1.82, 2.24) is 15.1 Å². The van der Waals surface area contributed by atoms with Crippen molar-refractivity contribution in [3.05, 3.63) is 24.3 Å². The van der Waals surface area contributed by atoms with Gasteiger partial charge in [0, 0.05) is 45.3 Å². The van der Waals surface area contributed by atoms with E-state index in [0.717, 1.165) is 6.54 Å². The predicted molar refractivity (Wildman–Crippen MR) is 93.8 cm³/mol. The molecule has 122 valence electrons. The van der Waals surface area contributed by atoms with Crippen molar-refractivity contribution in [3.63, 3.8) is 0 Å². The zero-order valence-corrected chi connectivity index (χ0v) is 14.6. The second-order valence-electron chi connectivity index (χ2n) is 6.49. The first-order valence-corrected chi connectivity index (χ1v) is 8.54. The minimum atomic E-state index is 0.602. The first kappa shape index (κ1) is 18.4. The molecule has 0 aromatic rings. The first-order valence-electron chi connectivity index (χ1n) is 8.54. The number of likely N-dealkylation sites (N-methyl/N-ethyl adjacent to an activating group) is 1. The predicted octanol–water partition coefficient (Wildman–Crippen LogP) is 2.76. The van der Waals surface area contributed by atoms with Crippen molar-refractivity contribution in [2.45, 2.75) is 39.7 Å². The third-order valence-corrected chi connectivity index (χ3v) is 4.46. The van der Waals surface area contributed by atoms with Crippen LogP contribution in [0.2, 0.25) is 0 Å². The summed E-state index contributed by atoms with van der Waals surface area (Å²) in [7, 11) is 2.08. The highest BCUT2D eigenvalue weighted by atomic mass is 15.3. The molecule has 1 atom stereocenters. The van der Waals surface area contributed by atoms with Crippen LogP contribution in [0.4, 0.5) is 0 Å². The van der Waals surface area contributed by atoms with Crippen LogP contribution in [0.5, 0.6) is 0 Å². The maximum Gasteiger partial charge on any atom is 0.0231 e. The summed E-state index contributed by atoms with van der Waals surface area (Å²) >= 11 is 0. The number of rotatable bonds is 9. The lowest BCUT2D eigenvalue weighted by Gasteiger charge is -2.37. The zero-order chi connectivity index (χ0) is 15.7. The van der Waals surface area contributed by atoms with Gasteiger partial charge in [0.25, 0.3) is 0 Å². The molecule has 0 radical (unpaired) electrons. The molecule has 0 aromatic heterocycles. The van der Waals surface area contributed by atoms with E-state index in [9.17, 15) is 0 Å². The van der Waals surface area contributed by atoms with Gasteiger partial charge >= 0.3 is 0 Å². The number of piperazine rings is 1. The fourth-order valence-electron chi connectivity index (χ4n) is 2.84. The second kappa shape index (κ2) is 10.1. The highest BCUT2D eigenvalue weighted by Gasteiger charge is 2.20. The van der Waals surface area contributed by atoms with Gasteiger partial charge in [0.05, 0.1) is 0 Å². The van der Waals surface area contributed by atoms with Crippen LogP contribution in [0, 0.1) is 5.92 Å². The fourth-order valence-corrected chi connectivity index (χ4v) is 2.84. The van der Waals surface area contributed by atoms with Crippen molar-refractivity contribution in [3.8, 4) is 0 Å². The normalized spacial score (nSPS) is 20.0. The summed E-state index contributed by atoms with van der Waals surface area (Å²) in [5.74, 6) is 0.692. The van der Waals surface area contributed by atoms with Gasteiger partial charge in [-0.2, -0.15) is 0 Å². The van der Waals surface area contributed by atoms with Crippen LogP contribution in [0.15, 0.2) is 24.3 Å². The highest BCUT2D eigenvalue weighted by molar-refractivity contribution is 5.18. The molecule has 0 bridgehead atoms. The Balaban J connectivity index is 2.36. The van der Waals surface area contributed by atoms with E-state index in [4.69, 9.17) is 0 Å². The Bertz CT molecular complexity index is 314. The molecule has 1 unspecified atom stereocenters. The SMILES string of the molecule is C=C/C(=C\CCC)CN1CCN(CC(NC)C(C)C)CC1. The van der Waals surface area contributed by atoms with Gasteiger partial charge in [-0.3, -0.25) is 9.80 Å². The molecule has 3 heteroatoms. The summed E-state index contributed by atoms with van der Waals surface area (Å²) < 4.78 is 0. The molecule has 1 N–H and O–H groups in total. The monoisotopic (exact) mass is 293 g/mol. The van der Waals surface area contributed by atoms with Crippen LogP contribution in [0.1, 0.15) is 33.6 Å². The molecule has 0 aliphatic carbocycles. The lowest BCUT2D eigenvalue weighted by atomic mass is 10.0. The van der Waals surface area contributed by atoms with Gasteiger partial charge < -0.3 is 5.32 Å². The Kier molecular flexibility index (Phi) is 8.90. The van der Waals surface area contributed by atoms with Crippen LogP contribution < -0.4 is 5.32 Å². The van der Waals surface area contributed by atoms with E-state index in [1.807, 2.05) is 6.08 Å². The van der Waals surface area contributed by atoms with E-state index in [2.05, 4.69) is 55.6 Å². The molecule has 21 heavy (non-hydrogen) atoms. The van der Waals surface area contributed by atoms with Crippen molar-refractivity contribution in [2.24, 2.45) is 5.92 Å². The summed E-state index contributed by atoms with van der Waals surface area (Å²) in [6.07, 6.45) is 6.75. The van der Waals surface area contributed by atoms with Gasteiger partial charge in [-0.1, -0.05) is 45.9 Å². The van der Waals surface area contributed by atoms with Crippen molar-refractivity contribution in [1.29, 1.82) is 0 Å². The van der Waals surface area contributed by atoms with Crippen molar-refractivity contribution in [2.75, 3.05) is 46.3 Å². The smallest absolute Gasteiger partial charge is 0.0231 e. The summed E-state index contributed by atoms with van der Waals surface area (Å²) in [4.78, 5) is 5.16. The minimum Gasteiger partial charge on any atom is -0.315 e. The molecule has 0 amide bonds. The van der Waals surface area contributed by atoms with Crippen molar-refractivity contribution < 1.29 is 0 Å². The number of unbranched alkanes of at least 4 members (excludes halogenated alkanes) is 1. The number of hydrogen-bond acceptors (Lipinski definition) is 3. The third-order valence-electron chi connectivity index (χ3n) is 4.46. The Morgan fingerprint density at radius 1 is 1.19 bits per heavy atom. The zero-order valence-electron chi connectivity index (χ0n) is 14.6. The maximum absolute atomic E-state index is 3.95. The molecular weight excluding hydrogens is 258 g/mol. The average molecular weight is 293 g/mol. The number of hydrogen-bond donors (Lipinski definition) is 1. The first-order chi connectivity index (χ1) is 10.1. The lowest BCUT2D eigenvalue weighted by molar-refractivity contribution is 0.124. The molecule has 0 saturated carbocycles. The molecule has 0 aromatic carbocycles. The van der Waals surface area contributed by atoms with E-state index in [1.54, 1.807) is 0 Å². The van der Waals surface area contributed by atoms with Gasteiger partial charge in [-0.25, -0.2) is 0 Å². The van der Waals surface area contributed by atoms with E-state index in [-0.39, 0.29) is 0 Å².